The number of nitriles is 1. The zero-order valence-electron chi connectivity index (χ0n) is 18.8. The minimum Gasteiger partial charge on any atom is -0.497 e. The molecule has 4 rings (SSSR count). The van der Waals surface area contributed by atoms with Crippen LogP contribution in [-0.4, -0.2) is 39.1 Å². The number of carbonyl (C=O) groups is 1. The summed E-state index contributed by atoms with van der Waals surface area (Å²) in [5.74, 6) is 1.77. The van der Waals surface area contributed by atoms with E-state index in [0.29, 0.717) is 11.7 Å². The zero-order valence-corrected chi connectivity index (χ0v) is 19.6. The number of amides is 1. The van der Waals surface area contributed by atoms with E-state index in [1.807, 2.05) is 42.5 Å². The molecule has 0 spiro atoms. The fraction of sp³-hybridized carbons (Fsp3) is 0.360. The molecule has 1 fully saturated rings. The second-order valence-electron chi connectivity index (χ2n) is 8.35. The van der Waals surface area contributed by atoms with Crippen LogP contribution in [0, 0.1) is 17.2 Å². The third-order valence-corrected chi connectivity index (χ3v) is 6.86. The molecule has 33 heavy (non-hydrogen) atoms. The van der Waals surface area contributed by atoms with Gasteiger partial charge in [-0.3, -0.25) is 4.79 Å². The van der Waals surface area contributed by atoms with Gasteiger partial charge in [0, 0.05) is 12.1 Å². The Hall–Kier alpha value is -3.31. The van der Waals surface area contributed by atoms with Crippen molar-refractivity contribution in [2.75, 3.05) is 12.9 Å². The lowest BCUT2D eigenvalue weighted by Crippen LogP contribution is -2.47. The largest absolute Gasteiger partial charge is 0.497 e. The molecule has 1 unspecified atom stereocenters. The monoisotopic (exact) mass is 461 g/mol. The van der Waals surface area contributed by atoms with Crippen molar-refractivity contribution in [3.8, 4) is 23.2 Å². The minimum atomic E-state index is -0.799. The molecule has 1 amide bonds. The van der Waals surface area contributed by atoms with Crippen molar-refractivity contribution in [1.29, 1.82) is 5.26 Å². The van der Waals surface area contributed by atoms with Crippen molar-refractivity contribution in [1.82, 2.24) is 20.1 Å². The summed E-state index contributed by atoms with van der Waals surface area (Å²) in [4.78, 5) is 12.6. The molecule has 1 aliphatic carbocycles. The maximum Gasteiger partial charge on any atom is 0.231 e. The molecule has 8 heteroatoms. The van der Waals surface area contributed by atoms with Gasteiger partial charge >= 0.3 is 0 Å². The molecule has 0 radical (unpaired) electrons. The Morgan fingerprint density at radius 2 is 1.94 bits per heavy atom. The third kappa shape index (κ3) is 5.55. The second-order valence-corrected chi connectivity index (χ2v) is 9.29. The van der Waals surface area contributed by atoms with Crippen molar-refractivity contribution >= 4 is 17.7 Å². The first-order valence-corrected chi connectivity index (χ1v) is 12.0. The number of ether oxygens (including phenoxy) is 1. The molecule has 0 aliphatic heterocycles. The van der Waals surface area contributed by atoms with E-state index < -0.39 is 5.54 Å². The van der Waals surface area contributed by atoms with E-state index in [0.717, 1.165) is 36.4 Å². The predicted octanol–water partition coefficient (Wildman–Crippen LogP) is 4.10. The van der Waals surface area contributed by atoms with Crippen LogP contribution in [0.2, 0.25) is 0 Å². The Morgan fingerprint density at radius 3 is 2.58 bits per heavy atom. The maximum atomic E-state index is 12.6. The molecular weight excluding hydrogens is 434 g/mol. The number of methoxy groups -OCH3 is 1. The van der Waals surface area contributed by atoms with Crippen LogP contribution in [0.3, 0.4) is 0 Å². The number of rotatable bonds is 10. The van der Waals surface area contributed by atoms with Crippen LogP contribution in [0.25, 0.3) is 11.4 Å². The number of nitrogens with one attached hydrogen (secondary N) is 1. The van der Waals surface area contributed by atoms with Crippen LogP contribution in [0.15, 0.2) is 59.8 Å². The number of hydrogen-bond donors (Lipinski definition) is 1. The summed E-state index contributed by atoms with van der Waals surface area (Å²) in [7, 11) is 1.64. The Labute approximate surface area is 198 Å². The number of aryl methyl sites for hydroxylation is 1. The Morgan fingerprint density at radius 1 is 1.21 bits per heavy atom. The zero-order chi connectivity index (χ0) is 23.3. The van der Waals surface area contributed by atoms with Gasteiger partial charge in [0.1, 0.15) is 11.3 Å². The predicted molar refractivity (Wildman–Crippen MR) is 128 cm³/mol. The van der Waals surface area contributed by atoms with Crippen molar-refractivity contribution in [2.45, 2.75) is 43.4 Å². The van der Waals surface area contributed by atoms with Crippen LogP contribution in [0.1, 0.15) is 25.3 Å². The lowest BCUT2D eigenvalue weighted by Gasteiger charge is -2.22. The van der Waals surface area contributed by atoms with Crippen molar-refractivity contribution < 1.29 is 9.53 Å². The lowest BCUT2D eigenvalue weighted by atomic mass is 9.98. The van der Waals surface area contributed by atoms with Gasteiger partial charge in [0.25, 0.3) is 0 Å². The van der Waals surface area contributed by atoms with E-state index in [4.69, 9.17) is 4.74 Å². The minimum absolute atomic E-state index is 0.167. The summed E-state index contributed by atoms with van der Waals surface area (Å²) in [6, 6.07) is 20.2. The molecule has 170 valence electrons. The summed E-state index contributed by atoms with van der Waals surface area (Å²) >= 11 is 1.34. The molecule has 1 heterocycles. The second kappa shape index (κ2) is 10.1. The molecule has 7 nitrogen and oxygen atoms in total. The van der Waals surface area contributed by atoms with E-state index >= 15 is 0 Å². The van der Waals surface area contributed by atoms with Gasteiger partial charge in [0.05, 0.1) is 18.9 Å². The number of carbonyl (C=O) groups excluding carboxylic acids is 1. The number of thioether (sulfide) groups is 1. The first kappa shape index (κ1) is 22.9. The lowest BCUT2D eigenvalue weighted by molar-refractivity contribution is -0.119. The van der Waals surface area contributed by atoms with Gasteiger partial charge < -0.3 is 14.6 Å². The van der Waals surface area contributed by atoms with Crippen molar-refractivity contribution in [3.63, 3.8) is 0 Å². The highest BCUT2D eigenvalue weighted by molar-refractivity contribution is 7.99. The molecular formula is C25H27N5O2S. The summed E-state index contributed by atoms with van der Waals surface area (Å²) in [6.45, 7) is 2.48. The number of aromatic nitrogens is 3. The number of hydrogen-bond acceptors (Lipinski definition) is 6. The summed E-state index contributed by atoms with van der Waals surface area (Å²) in [6.07, 6.45) is 2.78. The molecule has 1 aromatic heterocycles. The fourth-order valence-electron chi connectivity index (χ4n) is 3.77. The average Bonchev–Trinajstić information content (AvgIpc) is 3.64. The quantitative estimate of drug-likeness (QED) is 0.457. The first-order chi connectivity index (χ1) is 16.0. The SMILES string of the molecule is COc1ccc(-c2nnc(SCC(=O)NC(C)(C#N)C3CC3)n2CCc2ccccc2)cc1. The highest BCUT2D eigenvalue weighted by Crippen LogP contribution is 2.39. The van der Waals surface area contributed by atoms with Gasteiger partial charge in [-0.1, -0.05) is 42.1 Å². The fourth-order valence-corrected chi connectivity index (χ4v) is 4.54. The summed E-state index contributed by atoms with van der Waals surface area (Å²) in [5.41, 5.74) is 1.35. The van der Waals surface area contributed by atoms with Crippen LogP contribution >= 0.6 is 11.8 Å². The van der Waals surface area contributed by atoms with Crippen LogP contribution in [-0.2, 0) is 17.8 Å². The van der Waals surface area contributed by atoms with Crippen LogP contribution in [0.5, 0.6) is 5.75 Å². The maximum absolute atomic E-state index is 12.6. The molecule has 1 atom stereocenters. The van der Waals surface area contributed by atoms with Crippen LogP contribution in [0.4, 0.5) is 0 Å². The average molecular weight is 462 g/mol. The molecule has 1 N–H and O–H groups in total. The van der Waals surface area contributed by atoms with Gasteiger partial charge in [0.15, 0.2) is 11.0 Å². The molecule has 0 bridgehead atoms. The third-order valence-electron chi connectivity index (χ3n) is 5.89. The molecule has 0 saturated heterocycles. The van der Waals surface area contributed by atoms with E-state index in [9.17, 15) is 10.1 Å². The highest BCUT2D eigenvalue weighted by atomic mass is 32.2. The molecule has 2 aromatic carbocycles. The molecule has 1 saturated carbocycles. The standard InChI is InChI=1S/C25H27N5O2S/c1-25(17-26,20-10-11-20)27-22(31)16-33-24-29-28-23(19-8-12-21(32-2)13-9-19)30(24)15-14-18-6-4-3-5-7-18/h3-9,12-13,20H,10-11,14-16H2,1-2H3,(H,27,31). The smallest absolute Gasteiger partial charge is 0.231 e. The van der Waals surface area contributed by atoms with Gasteiger partial charge in [-0.15, -0.1) is 10.2 Å². The van der Waals surface area contributed by atoms with Gasteiger partial charge in [0.2, 0.25) is 5.91 Å². The van der Waals surface area contributed by atoms with Gasteiger partial charge in [-0.2, -0.15) is 5.26 Å². The Balaban J connectivity index is 1.51. The van der Waals surface area contributed by atoms with E-state index in [1.165, 1.54) is 17.3 Å². The topological polar surface area (TPSA) is 92.8 Å². The van der Waals surface area contributed by atoms with Crippen molar-refractivity contribution in [2.24, 2.45) is 5.92 Å². The molecule has 1 aliphatic rings. The van der Waals surface area contributed by atoms with E-state index in [2.05, 4.69) is 38.3 Å². The first-order valence-electron chi connectivity index (χ1n) is 11.0. The Bertz CT molecular complexity index is 1140. The summed E-state index contributed by atoms with van der Waals surface area (Å²) < 4.78 is 7.32. The number of benzene rings is 2. The van der Waals surface area contributed by atoms with E-state index in [1.54, 1.807) is 14.0 Å². The van der Waals surface area contributed by atoms with Crippen molar-refractivity contribution in [3.05, 3.63) is 60.2 Å². The molecule has 3 aromatic rings. The van der Waals surface area contributed by atoms with E-state index in [-0.39, 0.29) is 17.6 Å². The summed E-state index contributed by atoms with van der Waals surface area (Å²) in [5, 5.41) is 21.9. The Kier molecular flexibility index (Phi) is 6.99. The van der Waals surface area contributed by atoms with Gasteiger partial charge in [-0.05, 0) is 61.9 Å². The van der Waals surface area contributed by atoms with Gasteiger partial charge in [-0.25, -0.2) is 0 Å². The highest BCUT2D eigenvalue weighted by Gasteiger charge is 2.43. The number of nitrogens with zero attached hydrogens (tertiary/aromatic N) is 4. The normalized spacial score (nSPS) is 14.8. The van der Waals surface area contributed by atoms with Crippen LogP contribution < -0.4 is 10.1 Å².